The van der Waals surface area contributed by atoms with Crippen molar-refractivity contribution in [3.63, 3.8) is 0 Å². The number of carbonyl (C=O) groups excluding carboxylic acids is 4. The van der Waals surface area contributed by atoms with E-state index in [1.54, 1.807) is 0 Å². The molecule has 0 saturated heterocycles. The van der Waals surface area contributed by atoms with Crippen LogP contribution in [0.1, 0.15) is 285 Å². The lowest BCUT2D eigenvalue weighted by atomic mass is 10.1. The number of aliphatic hydroxyl groups excluding tert-OH is 1. The van der Waals surface area contributed by atoms with E-state index in [0.717, 1.165) is 161 Å². The molecule has 0 aliphatic rings. The van der Waals surface area contributed by atoms with Gasteiger partial charge < -0.3 is 33.8 Å². The third-order valence-corrected chi connectivity index (χ3v) is 17.2. The molecule has 0 fully saturated rings. The molecule has 5 unspecified atom stereocenters. The standard InChI is InChI=1S/C81H134O17P2/c1-5-9-13-17-21-25-29-32-34-36-37-39-41-44-47-50-54-58-62-66-79(84)92-72-77(98-81(86)68-64-60-56-52-48-42-31-27-23-19-15-11-7-3)74-96-100(89,90)94-70-75(82)69-93-99(87,88)95-73-76(97-80(85)67-63-59-55-51-45-28-24-20-16-12-8-4)71-91-78(83)65-61-57-53-49-46-43-40-38-35-33-30-26-22-18-14-10-6-2/h9-10,13-15,19,21-22,25-27,31-35,37,39-40,43-44,47,49,53,75-77,82H,5-8,11-12,16-18,20,23-24,28-30,36,38,41-42,45-46,48,50-52,54-74H2,1-4H3,(H,87,88)(H,89,90)/b13-9-,14-10-,19-15-,25-21-,26-22-,31-27-,34-32-,35-33-,39-37-,43-40-,47-44-,53-49-. The fourth-order valence-corrected chi connectivity index (χ4v) is 11.1. The predicted molar refractivity (Wildman–Crippen MR) is 408 cm³/mol. The van der Waals surface area contributed by atoms with Crippen molar-refractivity contribution in [1.82, 2.24) is 0 Å². The monoisotopic (exact) mass is 1440 g/mol. The van der Waals surface area contributed by atoms with Gasteiger partial charge in [0.05, 0.1) is 26.4 Å². The summed E-state index contributed by atoms with van der Waals surface area (Å²) in [5.74, 6) is -2.30. The van der Waals surface area contributed by atoms with Gasteiger partial charge >= 0.3 is 39.5 Å². The average Bonchev–Trinajstić information content (AvgIpc) is 0.940. The first-order chi connectivity index (χ1) is 48.7. The summed E-state index contributed by atoms with van der Waals surface area (Å²) in [6.07, 6.45) is 81.4. The minimum atomic E-state index is -4.99. The molecule has 19 heteroatoms. The Bertz CT molecular complexity index is 2470. The summed E-state index contributed by atoms with van der Waals surface area (Å²) in [6.45, 7) is 4.44. The Morgan fingerprint density at radius 3 is 0.890 bits per heavy atom. The van der Waals surface area contributed by atoms with Crippen LogP contribution in [0, 0.1) is 0 Å². The third-order valence-electron chi connectivity index (χ3n) is 15.3. The fraction of sp³-hybridized carbons (Fsp3) is 0.654. The normalized spacial score (nSPS) is 14.8. The quantitative estimate of drug-likeness (QED) is 0.0169. The lowest BCUT2D eigenvalue weighted by Gasteiger charge is -2.21. The highest BCUT2D eigenvalue weighted by molar-refractivity contribution is 7.47. The molecule has 0 amide bonds. The maximum atomic E-state index is 13.1. The minimum Gasteiger partial charge on any atom is -0.462 e. The number of hydrogen-bond acceptors (Lipinski definition) is 15. The smallest absolute Gasteiger partial charge is 0.462 e. The molecule has 0 aromatic heterocycles. The molecule has 0 radical (unpaired) electrons. The highest BCUT2D eigenvalue weighted by Crippen LogP contribution is 2.45. The number of rotatable bonds is 70. The largest absolute Gasteiger partial charge is 0.472 e. The highest BCUT2D eigenvalue weighted by atomic mass is 31.2. The van der Waals surface area contributed by atoms with Gasteiger partial charge in [0.1, 0.15) is 19.3 Å². The number of carbonyl (C=O) groups is 4. The first kappa shape index (κ1) is 94.9. The summed E-state index contributed by atoms with van der Waals surface area (Å²) < 4.78 is 68.3. The maximum Gasteiger partial charge on any atom is 0.472 e. The second kappa shape index (κ2) is 72.3. The number of aliphatic hydroxyl groups is 1. The van der Waals surface area contributed by atoms with Gasteiger partial charge in [0, 0.05) is 25.7 Å². The van der Waals surface area contributed by atoms with Gasteiger partial charge in [0.25, 0.3) is 0 Å². The first-order valence-electron chi connectivity index (χ1n) is 38.1. The van der Waals surface area contributed by atoms with Gasteiger partial charge in [0.15, 0.2) is 12.2 Å². The number of ether oxygens (including phenoxy) is 4. The molecule has 0 saturated carbocycles. The molecule has 5 atom stereocenters. The van der Waals surface area contributed by atoms with Gasteiger partial charge in [-0.05, 0) is 135 Å². The zero-order valence-corrected chi connectivity index (χ0v) is 63.9. The average molecular weight is 1440 g/mol. The molecule has 17 nitrogen and oxygen atoms in total. The Morgan fingerprint density at radius 2 is 0.550 bits per heavy atom. The Labute approximate surface area is 605 Å². The van der Waals surface area contributed by atoms with Crippen LogP contribution in [0.25, 0.3) is 0 Å². The van der Waals surface area contributed by atoms with Crippen LogP contribution in [0.2, 0.25) is 0 Å². The molecule has 0 aromatic rings. The van der Waals surface area contributed by atoms with Gasteiger partial charge in [-0.2, -0.15) is 0 Å². The van der Waals surface area contributed by atoms with Gasteiger partial charge in [0.2, 0.25) is 0 Å². The molecule has 0 aliphatic heterocycles. The highest BCUT2D eigenvalue weighted by Gasteiger charge is 2.30. The Balaban J connectivity index is 5.40. The molecule has 0 rings (SSSR count). The van der Waals surface area contributed by atoms with E-state index in [9.17, 15) is 43.2 Å². The molecule has 0 heterocycles. The van der Waals surface area contributed by atoms with Crippen molar-refractivity contribution in [2.45, 2.75) is 303 Å². The molecular weight excluding hydrogens is 1310 g/mol. The number of allylic oxidation sites excluding steroid dienone is 24. The van der Waals surface area contributed by atoms with E-state index in [2.05, 4.69) is 161 Å². The van der Waals surface area contributed by atoms with E-state index in [-0.39, 0.29) is 25.7 Å². The van der Waals surface area contributed by atoms with Crippen molar-refractivity contribution in [1.29, 1.82) is 0 Å². The van der Waals surface area contributed by atoms with Crippen molar-refractivity contribution < 1.29 is 80.2 Å². The van der Waals surface area contributed by atoms with E-state index in [0.29, 0.717) is 32.1 Å². The number of hydrogen-bond donors (Lipinski definition) is 3. The lowest BCUT2D eigenvalue weighted by Crippen LogP contribution is -2.30. The van der Waals surface area contributed by atoms with Crippen LogP contribution in [0.4, 0.5) is 0 Å². The Hall–Kier alpha value is -5.06. The van der Waals surface area contributed by atoms with Crippen LogP contribution in [-0.4, -0.2) is 96.7 Å². The van der Waals surface area contributed by atoms with E-state index in [4.69, 9.17) is 37.0 Å². The Kier molecular flexibility index (Phi) is 68.6. The first-order valence-corrected chi connectivity index (χ1v) is 41.1. The van der Waals surface area contributed by atoms with Crippen molar-refractivity contribution in [3.05, 3.63) is 146 Å². The van der Waals surface area contributed by atoms with E-state index in [1.807, 2.05) is 12.2 Å². The fourth-order valence-electron chi connectivity index (χ4n) is 9.55. The Morgan fingerprint density at radius 1 is 0.290 bits per heavy atom. The summed E-state index contributed by atoms with van der Waals surface area (Å²) in [5, 5.41) is 10.6. The molecule has 570 valence electrons. The minimum absolute atomic E-state index is 0.0659. The number of phosphoric ester groups is 2. The topological polar surface area (TPSA) is 237 Å². The van der Waals surface area contributed by atoms with Crippen LogP contribution in [0.3, 0.4) is 0 Å². The van der Waals surface area contributed by atoms with Crippen molar-refractivity contribution in [2.24, 2.45) is 0 Å². The van der Waals surface area contributed by atoms with Gasteiger partial charge in [-0.15, -0.1) is 0 Å². The zero-order chi connectivity index (χ0) is 73.2. The summed E-state index contributed by atoms with van der Waals surface area (Å²) in [6, 6.07) is 0. The van der Waals surface area contributed by atoms with Crippen molar-refractivity contribution in [3.8, 4) is 0 Å². The zero-order valence-electron chi connectivity index (χ0n) is 62.1. The maximum absolute atomic E-state index is 13.1. The van der Waals surface area contributed by atoms with Crippen LogP contribution in [0.5, 0.6) is 0 Å². The van der Waals surface area contributed by atoms with E-state index < -0.39 is 97.5 Å². The van der Waals surface area contributed by atoms with Crippen molar-refractivity contribution >= 4 is 39.5 Å². The molecule has 0 aliphatic carbocycles. The molecular formula is C81H134O17P2. The van der Waals surface area contributed by atoms with Crippen LogP contribution < -0.4 is 0 Å². The summed E-state index contributed by atoms with van der Waals surface area (Å²) in [7, 11) is -9.98. The molecule has 3 N–H and O–H groups in total. The van der Waals surface area contributed by atoms with Crippen LogP contribution in [-0.2, 0) is 65.4 Å². The lowest BCUT2D eigenvalue weighted by molar-refractivity contribution is -0.161. The molecule has 0 spiro atoms. The molecule has 0 aromatic carbocycles. The van der Waals surface area contributed by atoms with Crippen molar-refractivity contribution in [2.75, 3.05) is 39.6 Å². The molecule has 100 heavy (non-hydrogen) atoms. The summed E-state index contributed by atoms with van der Waals surface area (Å²) >= 11 is 0. The second-order valence-electron chi connectivity index (χ2n) is 24.8. The number of esters is 4. The SMILES string of the molecule is CC/C=C\C/C=C\C/C=C\C/C=C\C/C=C\CCCCCC(=O)OCC(COP(=O)(O)OCC(O)COP(=O)(O)OCC(COC(=O)CCC/C=C\C/C=C\C/C=C\C/C=C\C/C=C\CC)OC(=O)CCCCCCCCCCCCC)OC(=O)CCCCCCC/C=C\C/C=C\CCC. The predicted octanol–water partition coefficient (Wildman–Crippen LogP) is 21.9. The number of unbranched alkanes of at least 4 members (excludes halogenated alkanes) is 20. The number of phosphoric acid groups is 2. The summed E-state index contributed by atoms with van der Waals surface area (Å²) in [4.78, 5) is 72.8. The van der Waals surface area contributed by atoms with Gasteiger partial charge in [-0.25, -0.2) is 9.13 Å². The van der Waals surface area contributed by atoms with Crippen LogP contribution >= 0.6 is 15.6 Å². The summed E-state index contributed by atoms with van der Waals surface area (Å²) in [5.41, 5.74) is 0. The van der Waals surface area contributed by atoms with E-state index >= 15 is 0 Å². The van der Waals surface area contributed by atoms with Gasteiger partial charge in [-0.1, -0.05) is 270 Å². The van der Waals surface area contributed by atoms with Gasteiger partial charge in [-0.3, -0.25) is 37.3 Å². The second-order valence-corrected chi connectivity index (χ2v) is 27.7. The third kappa shape index (κ3) is 71.3. The van der Waals surface area contributed by atoms with E-state index in [1.165, 1.54) is 38.5 Å². The molecule has 0 bridgehead atoms. The van der Waals surface area contributed by atoms with Crippen LogP contribution in [0.15, 0.2) is 146 Å².